The number of pyridine rings is 1. The van der Waals surface area contributed by atoms with E-state index in [1.165, 1.54) is 0 Å². The Morgan fingerprint density at radius 1 is 1.12 bits per heavy atom. The van der Waals surface area contributed by atoms with Crippen molar-refractivity contribution in [2.45, 2.75) is 19.8 Å². The Hall–Kier alpha value is -3.08. The predicted molar refractivity (Wildman–Crippen MR) is 97.4 cm³/mol. The molecule has 126 valence electrons. The van der Waals surface area contributed by atoms with Crippen LogP contribution in [0.15, 0.2) is 59.3 Å². The zero-order valence-corrected chi connectivity index (χ0v) is 14.0. The number of nitrogens with zero attached hydrogens (tertiary/aromatic N) is 2. The molecule has 0 fully saturated rings. The highest BCUT2D eigenvalue weighted by Gasteiger charge is 2.10. The number of hydrogen-bond acceptors (Lipinski definition) is 4. The average molecular weight is 333 g/mol. The lowest BCUT2D eigenvalue weighted by Gasteiger charge is -2.06. The number of hydrogen-bond donors (Lipinski definition) is 1. The second-order valence-corrected chi connectivity index (χ2v) is 5.89. The Bertz CT molecular complexity index is 974. The van der Waals surface area contributed by atoms with Crippen molar-refractivity contribution in [1.82, 2.24) is 15.0 Å². The third kappa shape index (κ3) is 3.26. The maximum absolute atomic E-state index is 5.78. The van der Waals surface area contributed by atoms with Gasteiger partial charge in [0.1, 0.15) is 17.3 Å². The number of imidazole rings is 1. The minimum atomic E-state index is 0.683. The lowest BCUT2D eigenvalue weighted by Crippen LogP contribution is -1.96. The van der Waals surface area contributed by atoms with Crippen molar-refractivity contribution in [2.24, 2.45) is 0 Å². The molecule has 3 heterocycles. The molecular weight excluding hydrogens is 314 g/mol. The molecule has 0 aliphatic rings. The Morgan fingerprint density at radius 2 is 2.08 bits per heavy atom. The summed E-state index contributed by atoms with van der Waals surface area (Å²) in [7, 11) is 0. The molecule has 0 aliphatic carbocycles. The molecule has 1 aromatic carbocycles. The standard InChI is InChI=1S/C20H19N3O2/c1-2-3-9-24-16-7-4-6-14(11-16)19-22-17-12-15(13-21-20(17)23-19)18-8-5-10-25-18/h4-8,10-13H,2-3,9H2,1H3,(H,21,22,23). The molecule has 4 rings (SSSR count). The fourth-order valence-corrected chi connectivity index (χ4v) is 2.68. The van der Waals surface area contributed by atoms with E-state index in [2.05, 4.69) is 21.9 Å². The number of fused-ring (bicyclic) bond motifs is 1. The van der Waals surface area contributed by atoms with Gasteiger partial charge in [-0.3, -0.25) is 0 Å². The monoisotopic (exact) mass is 333 g/mol. The summed E-state index contributed by atoms with van der Waals surface area (Å²) in [5.74, 6) is 2.42. The first kappa shape index (κ1) is 15.4. The minimum absolute atomic E-state index is 0.683. The van der Waals surface area contributed by atoms with Crippen LogP contribution in [0, 0.1) is 0 Å². The van der Waals surface area contributed by atoms with Gasteiger partial charge in [0.25, 0.3) is 0 Å². The summed E-state index contributed by atoms with van der Waals surface area (Å²) in [6, 6.07) is 13.7. The van der Waals surface area contributed by atoms with Gasteiger partial charge in [-0.25, -0.2) is 9.97 Å². The molecule has 0 radical (unpaired) electrons. The van der Waals surface area contributed by atoms with E-state index in [-0.39, 0.29) is 0 Å². The second kappa shape index (κ2) is 6.81. The number of nitrogens with one attached hydrogen (secondary N) is 1. The topological polar surface area (TPSA) is 63.9 Å². The van der Waals surface area contributed by atoms with Crippen LogP contribution in [0.1, 0.15) is 19.8 Å². The number of aromatic amines is 1. The molecule has 5 heteroatoms. The van der Waals surface area contributed by atoms with Crippen LogP contribution in [0.25, 0.3) is 33.9 Å². The van der Waals surface area contributed by atoms with Gasteiger partial charge in [-0.2, -0.15) is 0 Å². The molecule has 0 saturated heterocycles. The number of furan rings is 1. The molecule has 0 atom stereocenters. The number of rotatable bonds is 6. The number of unbranched alkanes of at least 4 members (excludes halogenated alkanes) is 1. The average Bonchev–Trinajstić information content (AvgIpc) is 3.31. The van der Waals surface area contributed by atoms with E-state index >= 15 is 0 Å². The lowest BCUT2D eigenvalue weighted by atomic mass is 10.2. The van der Waals surface area contributed by atoms with Crippen LogP contribution in [0.2, 0.25) is 0 Å². The third-order valence-electron chi connectivity index (χ3n) is 4.02. The molecular formula is C20H19N3O2. The number of H-pyrrole nitrogens is 1. The van der Waals surface area contributed by atoms with Crippen molar-refractivity contribution in [2.75, 3.05) is 6.61 Å². The van der Waals surface area contributed by atoms with E-state index in [9.17, 15) is 0 Å². The zero-order valence-electron chi connectivity index (χ0n) is 14.0. The molecule has 3 aromatic heterocycles. The summed E-state index contributed by atoms with van der Waals surface area (Å²) in [4.78, 5) is 12.4. The fraction of sp³-hybridized carbons (Fsp3) is 0.200. The lowest BCUT2D eigenvalue weighted by molar-refractivity contribution is 0.309. The largest absolute Gasteiger partial charge is 0.494 e. The van der Waals surface area contributed by atoms with E-state index in [0.29, 0.717) is 5.65 Å². The van der Waals surface area contributed by atoms with Gasteiger partial charge in [0.15, 0.2) is 5.65 Å². The predicted octanol–water partition coefficient (Wildman–Crippen LogP) is 5.06. The normalized spacial score (nSPS) is 11.1. The second-order valence-electron chi connectivity index (χ2n) is 5.89. The first-order valence-corrected chi connectivity index (χ1v) is 8.46. The quantitative estimate of drug-likeness (QED) is 0.501. The molecule has 25 heavy (non-hydrogen) atoms. The Kier molecular flexibility index (Phi) is 4.21. The van der Waals surface area contributed by atoms with Crippen molar-refractivity contribution < 1.29 is 9.15 Å². The molecule has 0 saturated carbocycles. The molecule has 0 amide bonds. The summed E-state index contributed by atoms with van der Waals surface area (Å²) in [6.45, 7) is 2.88. The summed E-state index contributed by atoms with van der Waals surface area (Å²) >= 11 is 0. The smallest absolute Gasteiger partial charge is 0.178 e. The third-order valence-corrected chi connectivity index (χ3v) is 4.02. The van der Waals surface area contributed by atoms with Crippen molar-refractivity contribution in [3.8, 4) is 28.5 Å². The van der Waals surface area contributed by atoms with E-state index in [0.717, 1.165) is 53.4 Å². The van der Waals surface area contributed by atoms with Gasteiger partial charge in [-0.1, -0.05) is 25.5 Å². The fourth-order valence-electron chi connectivity index (χ4n) is 2.68. The maximum Gasteiger partial charge on any atom is 0.178 e. The van der Waals surface area contributed by atoms with Gasteiger partial charge < -0.3 is 14.1 Å². The number of aromatic nitrogens is 3. The van der Waals surface area contributed by atoms with Gasteiger partial charge in [0.05, 0.1) is 18.4 Å². The van der Waals surface area contributed by atoms with E-state index in [4.69, 9.17) is 9.15 Å². The van der Waals surface area contributed by atoms with Crippen molar-refractivity contribution >= 4 is 11.2 Å². The highest BCUT2D eigenvalue weighted by molar-refractivity contribution is 5.80. The summed E-state index contributed by atoms with van der Waals surface area (Å²) in [5, 5.41) is 0. The van der Waals surface area contributed by atoms with Gasteiger partial charge >= 0.3 is 0 Å². The highest BCUT2D eigenvalue weighted by atomic mass is 16.5. The molecule has 5 nitrogen and oxygen atoms in total. The zero-order chi connectivity index (χ0) is 17.1. The van der Waals surface area contributed by atoms with Crippen LogP contribution in [0.3, 0.4) is 0 Å². The molecule has 0 bridgehead atoms. The number of ether oxygens (including phenoxy) is 1. The molecule has 0 unspecified atom stereocenters. The highest BCUT2D eigenvalue weighted by Crippen LogP contribution is 2.26. The summed E-state index contributed by atoms with van der Waals surface area (Å²) < 4.78 is 11.2. The van der Waals surface area contributed by atoms with Crippen LogP contribution in [0.5, 0.6) is 5.75 Å². The SMILES string of the molecule is CCCCOc1cccc(-c2nc3ncc(-c4ccco4)cc3[nH]2)c1. The van der Waals surface area contributed by atoms with Crippen LogP contribution in [0.4, 0.5) is 0 Å². The van der Waals surface area contributed by atoms with Crippen LogP contribution in [-0.4, -0.2) is 21.6 Å². The van der Waals surface area contributed by atoms with Gasteiger partial charge in [-0.15, -0.1) is 0 Å². The van der Waals surface area contributed by atoms with Crippen LogP contribution >= 0.6 is 0 Å². The van der Waals surface area contributed by atoms with Gasteiger partial charge in [-0.05, 0) is 36.8 Å². The molecule has 1 N–H and O–H groups in total. The molecule has 0 spiro atoms. The van der Waals surface area contributed by atoms with E-state index < -0.39 is 0 Å². The Morgan fingerprint density at radius 3 is 2.92 bits per heavy atom. The summed E-state index contributed by atoms with van der Waals surface area (Å²) in [5.41, 5.74) is 3.46. The summed E-state index contributed by atoms with van der Waals surface area (Å²) in [6.07, 6.45) is 5.60. The Labute approximate surface area is 145 Å². The first-order valence-electron chi connectivity index (χ1n) is 8.46. The minimum Gasteiger partial charge on any atom is -0.494 e. The van der Waals surface area contributed by atoms with Crippen molar-refractivity contribution in [3.05, 3.63) is 54.9 Å². The van der Waals surface area contributed by atoms with Crippen molar-refractivity contribution in [1.29, 1.82) is 0 Å². The maximum atomic E-state index is 5.78. The van der Waals surface area contributed by atoms with E-state index in [1.54, 1.807) is 12.5 Å². The first-order chi connectivity index (χ1) is 12.3. The van der Waals surface area contributed by atoms with Gasteiger partial charge in [0, 0.05) is 17.3 Å². The molecule has 0 aliphatic heterocycles. The van der Waals surface area contributed by atoms with E-state index in [1.807, 2.05) is 42.5 Å². The number of benzene rings is 1. The Balaban J connectivity index is 1.64. The van der Waals surface area contributed by atoms with Gasteiger partial charge in [0.2, 0.25) is 0 Å². The molecule has 4 aromatic rings. The van der Waals surface area contributed by atoms with Crippen LogP contribution in [-0.2, 0) is 0 Å². The van der Waals surface area contributed by atoms with Crippen molar-refractivity contribution in [3.63, 3.8) is 0 Å². The van der Waals surface area contributed by atoms with Crippen LogP contribution < -0.4 is 4.74 Å².